The van der Waals surface area contributed by atoms with E-state index in [0.29, 0.717) is 21.6 Å². The maximum atomic E-state index is 12.6. The molecule has 3 aromatic rings. The first-order valence-electron chi connectivity index (χ1n) is 9.52. The molecule has 3 aromatic heterocycles. The quantitative estimate of drug-likeness (QED) is 0.526. The van der Waals surface area contributed by atoms with Gasteiger partial charge in [-0.15, -0.1) is 0 Å². The average Bonchev–Trinajstić information content (AvgIpc) is 3.36. The Morgan fingerprint density at radius 2 is 2.06 bits per heavy atom. The molecule has 1 fully saturated rings. The fourth-order valence-corrected chi connectivity index (χ4v) is 3.92. The zero-order valence-electron chi connectivity index (χ0n) is 16.4. The van der Waals surface area contributed by atoms with E-state index in [2.05, 4.69) is 19.9 Å². The molecule has 1 aliphatic rings. The number of nitrogens with zero attached hydrogens (tertiary/aromatic N) is 4. The number of H-pyrrole nitrogens is 1. The van der Waals surface area contributed by atoms with Crippen molar-refractivity contribution in [3.63, 3.8) is 0 Å². The summed E-state index contributed by atoms with van der Waals surface area (Å²) in [6.45, 7) is -1.48. The molecular weight excluding hydrogens is 451 g/mol. The second-order valence-electron chi connectivity index (χ2n) is 7.24. The zero-order valence-corrected chi connectivity index (χ0v) is 17.1. The third-order valence-electron chi connectivity index (χ3n) is 5.12. The second kappa shape index (κ2) is 8.26. The van der Waals surface area contributed by atoms with Gasteiger partial charge in [0, 0.05) is 31.0 Å². The summed E-state index contributed by atoms with van der Waals surface area (Å²) in [5, 5.41) is 2.93. The van der Waals surface area contributed by atoms with Gasteiger partial charge in [0.1, 0.15) is 30.1 Å². The third kappa shape index (κ3) is 4.31. The van der Waals surface area contributed by atoms with Crippen LogP contribution >= 0.6 is 11.6 Å². The number of nitrogens with two attached hydrogens (primary N) is 1. The first-order chi connectivity index (χ1) is 15.1. The van der Waals surface area contributed by atoms with E-state index in [1.165, 1.54) is 23.4 Å². The summed E-state index contributed by atoms with van der Waals surface area (Å²) in [6, 6.07) is 1.20. The van der Waals surface area contributed by atoms with Crippen molar-refractivity contribution in [2.75, 3.05) is 11.4 Å². The Bertz CT molecular complexity index is 1190. The topological polar surface area (TPSA) is 130 Å². The minimum Gasteiger partial charge on any atom is -0.368 e. The zero-order chi connectivity index (χ0) is 23.0. The number of rotatable bonds is 5. The minimum atomic E-state index is -4.56. The maximum Gasteiger partial charge on any atom is 0.405 e. The molecule has 0 bridgehead atoms. The molecule has 0 aliphatic carbocycles. The number of carbonyl (C=O) groups is 2. The number of carbonyl (C=O) groups excluding carboxylic acids is 2. The molecule has 4 heterocycles. The molecule has 2 amide bonds. The molecule has 1 saturated heterocycles. The Morgan fingerprint density at radius 3 is 2.78 bits per heavy atom. The van der Waals surface area contributed by atoms with Gasteiger partial charge in [-0.1, -0.05) is 11.6 Å². The van der Waals surface area contributed by atoms with Gasteiger partial charge in [0.15, 0.2) is 5.82 Å². The van der Waals surface area contributed by atoms with Crippen molar-refractivity contribution in [3.05, 3.63) is 35.7 Å². The third-order valence-corrected chi connectivity index (χ3v) is 5.33. The molecule has 1 aliphatic heterocycles. The monoisotopic (exact) mass is 469 g/mol. The number of primary amides is 1. The molecule has 2 atom stereocenters. The molecule has 170 valence electrons. The predicted octanol–water partition coefficient (Wildman–Crippen LogP) is 2.42. The van der Waals surface area contributed by atoms with E-state index in [0.717, 1.165) is 0 Å². The van der Waals surface area contributed by atoms with Gasteiger partial charge < -0.3 is 20.9 Å². The van der Waals surface area contributed by atoms with Gasteiger partial charge in [-0.25, -0.2) is 15.0 Å². The average molecular weight is 470 g/mol. The Labute approximate surface area is 185 Å². The van der Waals surface area contributed by atoms with Crippen molar-refractivity contribution >= 4 is 40.3 Å². The molecule has 0 unspecified atom stereocenters. The van der Waals surface area contributed by atoms with Crippen LogP contribution in [-0.4, -0.2) is 56.6 Å². The summed E-state index contributed by atoms with van der Waals surface area (Å²) in [7, 11) is 0. The minimum absolute atomic E-state index is 0. The number of aromatic nitrogens is 4. The lowest BCUT2D eigenvalue weighted by Gasteiger charge is -2.29. The SMILES string of the molecule is NC(=O)[C@@H]1CC[C@H](C(=O)NCC(F)(F)F)N1c1ccnc(-c2c[nH]c3ncc(Cl)cc23)n1.[HH]. The number of aromatic amines is 1. The predicted molar refractivity (Wildman–Crippen MR) is 112 cm³/mol. The van der Waals surface area contributed by atoms with Gasteiger partial charge in [-0.2, -0.15) is 13.2 Å². The molecule has 9 nitrogen and oxygen atoms in total. The van der Waals surface area contributed by atoms with Gasteiger partial charge in [-0.3, -0.25) is 9.59 Å². The first-order valence-corrected chi connectivity index (χ1v) is 9.90. The van der Waals surface area contributed by atoms with Crippen LogP contribution in [0.2, 0.25) is 5.02 Å². The number of hydrogen-bond acceptors (Lipinski definition) is 6. The molecular formula is C19H19ClF3N7O2. The lowest BCUT2D eigenvalue weighted by Crippen LogP contribution is -2.51. The van der Waals surface area contributed by atoms with Gasteiger partial charge in [-0.05, 0) is 25.0 Å². The van der Waals surface area contributed by atoms with E-state index in [-0.39, 0.29) is 25.9 Å². The number of nitrogens with one attached hydrogen (secondary N) is 2. The van der Waals surface area contributed by atoms with Crippen molar-refractivity contribution in [3.8, 4) is 11.4 Å². The van der Waals surface area contributed by atoms with E-state index >= 15 is 0 Å². The number of pyridine rings is 1. The van der Waals surface area contributed by atoms with Gasteiger partial charge in [0.25, 0.3) is 0 Å². The largest absolute Gasteiger partial charge is 0.405 e. The Hall–Kier alpha value is -3.41. The maximum absolute atomic E-state index is 12.6. The molecule has 0 spiro atoms. The van der Waals surface area contributed by atoms with Gasteiger partial charge in [0.2, 0.25) is 11.8 Å². The first kappa shape index (κ1) is 21.8. The van der Waals surface area contributed by atoms with Crippen LogP contribution in [0.4, 0.5) is 19.0 Å². The fraction of sp³-hybridized carbons (Fsp3) is 0.316. The summed E-state index contributed by atoms with van der Waals surface area (Å²) >= 11 is 6.04. The highest BCUT2D eigenvalue weighted by Crippen LogP contribution is 2.32. The molecule has 4 N–H and O–H groups in total. The van der Waals surface area contributed by atoms with Crippen LogP contribution in [0.25, 0.3) is 22.4 Å². The van der Waals surface area contributed by atoms with Crippen LogP contribution in [0.1, 0.15) is 14.3 Å². The number of halogens is 4. The van der Waals surface area contributed by atoms with Crippen LogP contribution in [-0.2, 0) is 9.59 Å². The van der Waals surface area contributed by atoms with Crippen LogP contribution in [0.5, 0.6) is 0 Å². The molecule has 4 rings (SSSR count). The highest BCUT2D eigenvalue weighted by Gasteiger charge is 2.42. The van der Waals surface area contributed by atoms with Gasteiger partial charge in [0.05, 0.1) is 5.02 Å². The summed E-state index contributed by atoms with van der Waals surface area (Å²) in [4.78, 5) is 41.7. The van der Waals surface area contributed by atoms with E-state index in [9.17, 15) is 22.8 Å². The van der Waals surface area contributed by atoms with E-state index in [1.54, 1.807) is 12.3 Å². The number of anilines is 1. The summed E-state index contributed by atoms with van der Waals surface area (Å²) in [5.41, 5.74) is 6.62. The summed E-state index contributed by atoms with van der Waals surface area (Å²) in [5.74, 6) is -1.14. The van der Waals surface area contributed by atoms with Crippen molar-refractivity contribution < 1.29 is 24.2 Å². The Balaban J connectivity index is 0.00000306. The van der Waals surface area contributed by atoms with E-state index in [1.807, 2.05) is 5.32 Å². The highest BCUT2D eigenvalue weighted by molar-refractivity contribution is 6.31. The lowest BCUT2D eigenvalue weighted by molar-refractivity contribution is -0.139. The smallest absolute Gasteiger partial charge is 0.368 e. The van der Waals surface area contributed by atoms with Crippen LogP contribution in [0.3, 0.4) is 0 Å². The molecule has 0 saturated carbocycles. The molecule has 0 radical (unpaired) electrons. The van der Waals surface area contributed by atoms with Crippen molar-refractivity contribution in [2.45, 2.75) is 31.1 Å². The number of hydrogen-bond donors (Lipinski definition) is 3. The molecule has 32 heavy (non-hydrogen) atoms. The summed E-state index contributed by atoms with van der Waals surface area (Å²) in [6.07, 6.45) is 0.322. The number of alkyl halides is 3. The Morgan fingerprint density at radius 1 is 1.31 bits per heavy atom. The fourth-order valence-electron chi connectivity index (χ4n) is 3.76. The highest BCUT2D eigenvalue weighted by atomic mass is 35.5. The van der Waals surface area contributed by atoms with Crippen LogP contribution in [0.15, 0.2) is 30.7 Å². The van der Waals surface area contributed by atoms with Crippen LogP contribution in [0, 0.1) is 0 Å². The number of fused-ring (bicyclic) bond motifs is 1. The second-order valence-corrected chi connectivity index (χ2v) is 7.68. The van der Waals surface area contributed by atoms with Crippen molar-refractivity contribution in [1.82, 2.24) is 25.3 Å². The standard InChI is InChI=1S/C19H17ClF3N7O2.H2/c20-9-5-10-11(7-27-16(10)26-6-9)17-25-4-3-14(29-17)30-12(15(24)31)1-2-13(30)18(32)28-8-19(21,22)23;/h3-7,12-13H,1-2,8H2,(H2,24,31)(H,26,27)(H,28,32);1H/t12-,13+;/m0./s1. The van der Waals surface area contributed by atoms with E-state index < -0.39 is 36.6 Å². The Kier molecular flexibility index (Phi) is 5.63. The summed E-state index contributed by atoms with van der Waals surface area (Å²) < 4.78 is 37.7. The normalized spacial score (nSPS) is 18.8. The molecule has 0 aromatic carbocycles. The number of amides is 2. The van der Waals surface area contributed by atoms with Crippen molar-refractivity contribution in [2.24, 2.45) is 5.73 Å². The van der Waals surface area contributed by atoms with Crippen LogP contribution < -0.4 is 16.0 Å². The van der Waals surface area contributed by atoms with Gasteiger partial charge >= 0.3 is 6.18 Å². The lowest BCUT2D eigenvalue weighted by atomic mass is 10.2. The van der Waals surface area contributed by atoms with Crippen molar-refractivity contribution in [1.29, 1.82) is 0 Å². The van der Waals surface area contributed by atoms with E-state index in [4.69, 9.17) is 17.3 Å². The molecule has 13 heteroatoms.